The van der Waals surface area contributed by atoms with E-state index in [9.17, 15) is 18.4 Å². The van der Waals surface area contributed by atoms with Crippen molar-refractivity contribution in [3.63, 3.8) is 0 Å². The van der Waals surface area contributed by atoms with Crippen LogP contribution in [0.4, 0.5) is 14.5 Å². The lowest BCUT2D eigenvalue weighted by Gasteiger charge is -2.21. The molecule has 0 atom stereocenters. The summed E-state index contributed by atoms with van der Waals surface area (Å²) in [6.45, 7) is 1.26. The van der Waals surface area contributed by atoms with Crippen molar-refractivity contribution in [2.75, 3.05) is 26.1 Å². The molecular weight excluding hydrogens is 358 g/mol. The molecule has 0 aliphatic rings. The Hall–Kier alpha value is -3.16. The van der Waals surface area contributed by atoms with Crippen molar-refractivity contribution in [3.05, 3.63) is 53.6 Å². The van der Waals surface area contributed by atoms with E-state index in [4.69, 9.17) is 9.47 Å². The second-order valence-electron chi connectivity index (χ2n) is 5.74. The molecule has 2 aromatic carbocycles. The summed E-state index contributed by atoms with van der Waals surface area (Å²) < 4.78 is 36.6. The number of anilines is 1. The van der Waals surface area contributed by atoms with Crippen molar-refractivity contribution in [3.8, 4) is 11.5 Å². The Balaban J connectivity index is 2.07. The summed E-state index contributed by atoms with van der Waals surface area (Å²) in [7, 11) is 3.02. The van der Waals surface area contributed by atoms with Gasteiger partial charge in [-0.15, -0.1) is 0 Å². The molecule has 0 heterocycles. The normalized spacial score (nSPS) is 10.3. The van der Waals surface area contributed by atoms with Crippen molar-refractivity contribution in [2.24, 2.45) is 0 Å². The molecule has 1 N–H and O–H groups in total. The first-order valence-corrected chi connectivity index (χ1v) is 8.05. The van der Waals surface area contributed by atoms with Crippen LogP contribution >= 0.6 is 0 Å². The standard InChI is InChI=1S/C19H20F2N2O4/c1-12(24)23(10-13-4-7-17(26-2)18(8-13)27-3)11-19(25)22-14-5-6-15(20)16(21)9-14/h4-9H,10-11H2,1-3H3,(H,22,25). The van der Waals surface area contributed by atoms with Gasteiger partial charge in [0.1, 0.15) is 6.54 Å². The number of carbonyl (C=O) groups is 2. The van der Waals surface area contributed by atoms with Crippen LogP contribution < -0.4 is 14.8 Å². The molecule has 0 aromatic heterocycles. The maximum Gasteiger partial charge on any atom is 0.244 e. The highest BCUT2D eigenvalue weighted by Gasteiger charge is 2.16. The number of nitrogens with zero attached hydrogens (tertiary/aromatic N) is 1. The molecule has 0 radical (unpaired) electrons. The number of methoxy groups -OCH3 is 2. The molecule has 2 aromatic rings. The van der Waals surface area contributed by atoms with E-state index < -0.39 is 17.5 Å². The first-order chi connectivity index (χ1) is 12.8. The van der Waals surface area contributed by atoms with Gasteiger partial charge in [-0.05, 0) is 29.8 Å². The van der Waals surface area contributed by atoms with Crippen LogP contribution in [-0.4, -0.2) is 37.5 Å². The van der Waals surface area contributed by atoms with E-state index in [1.165, 1.54) is 32.1 Å². The molecule has 27 heavy (non-hydrogen) atoms. The number of amides is 2. The average Bonchev–Trinajstić information content (AvgIpc) is 2.64. The summed E-state index contributed by atoms with van der Waals surface area (Å²) in [6.07, 6.45) is 0. The third-order valence-electron chi connectivity index (χ3n) is 3.80. The number of rotatable bonds is 7. The zero-order valence-corrected chi connectivity index (χ0v) is 15.2. The summed E-state index contributed by atoms with van der Waals surface area (Å²) in [5.41, 5.74) is 0.844. The largest absolute Gasteiger partial charge is 0.493 e. The van der Waals surface area contributed by atoms with E-state index in [2.05, 4.69) is 5.32 Å². The number of hydrogen-bond acceptors (Lipinski definition) is 4. The molecule has 2 rings (SSSR count). The van der Waals surface area contributed by atoms with Crippen LogP contribution in [0.1, 0.15) is 12.5 Å². The molecule has 2 amide bonds. The highest BCUT2D eigenvalue weighted by atomic mass is 19.2. The monoisotopic (exact) mass is 378 g/mol. The van der Waals surface area contributed by atoms with E-state index in [1.807, 2.05) is 0 Å². The van der Waals surface area contributed by atoms with Crippen LogP contribution in [0.25, 0.3) is 0 Å². The van der Waals surface area contributed by atoms with Crippen molar-refractivity contribution in [1.82, 2.24) is 4.90 Å². The smallest absolute Gasteiger partial charge is 0.244 e. The second kappa shape index (κ2) is 8.98. The van der Waals surface area contributed by atoms with Crippen LogP contribution in [-0.2, 0) is 16.1 Å². The predicted molar refractivity (Wildman–Crippen MR) is 95.6 cm³/mol. The van der Waals surface area contributed by atoms with Crippen molar-refractivity contribution in [1.29, 1.82) is 0 Å². The van der Waals surface area contributed by atoms with Crippen LogP contribution in [0.2, 0.25) is 0 Å². The van der Waals surface area contributed by atoms with Gasteiger partial charge in [0.15, 0.2) is 23.1 Å². The Labute approximate surface area is 155 Å². The molecule has 6 nitrogen and oxygen atoms in total. The minimum Gasteiger partial charge on any atom is -0.493 e. The molecule has 0 aliphatic heterocycles. The van der Waals surface area contributed by atoms with E-state index in [1.54, 1.807) is 18.2 Å². The molecule has 0 unspecified atom stereocenters. The van der Waals surface area contributed by atoms with Gasteiger partial charge in [-0.2, -0.15) is 0 Å². The Morgan fingerprint density at radius 2 is 1.70 bits per heavy atom. The highest BCUT2D eigenvalue weighted by molar-refractivity contribution is 5.94. The maximum absolute atomic E-state index is 13.2. The van der Waals surface area contributed by atoms with Gasteiger partial charge in [0.05, 0.1) is 14.2 Å². The maximum atomic E-state index is 13.2. The number of hydrogen-bond donors (Lipinski definition) is 1. The van der Waals surface area contributed by atoms with E-state index in [0.29, 0.717) is 11.5 Å². The number of carbonyl (C=O) groups excluding carboxylic acids is 2. The van der Waals surface area contributed by atoms with E-state index in [-0.39, 0.29) is 24.7 Å². The summed E-state index contributed by atoms with van der Waals surface area (Å²) in [5, 5.41) is 2.44. The third kappa shape index (κ3) is 5.40. The summed E-state index contributed by atoms with van der Waals surface area (Å²) >= 11 is 0. The van der Waals surface area contributed by atoms with Gasteiger partial charge in [-0.25, -0.2) is 8.78 Å². The average molecular weight is 378 g/mol. The third-order valence-corrected chi connectivity index (χ3v) is 3.80. The number of ether oxygens (including phenoxy) is 2. The first-order valence-electron chi connectivity index (χ1n) is 8.05. The highest BCUT2D eigenvalue weighted by Crippen LogP contribution is 2.28. The summed E-state index contributed by atoms with van der Waals surface area (Å²) in [4.78, 5) is 25.4. The van der Waals surface area contributed by atoms with Crippen LogP contribution in [0.5, 0.6) is 11.5 Å². The van der Waals surface area contributed by atoms with Gasteiger partial charge in [-0.1, -0.05) is 6.07 Å². The van der Waals surface area contributed by atoms with Gasteiger partial charge >= 0.3 is 0 Å². The molecule has 0 saturated carbocycles. The van der Waals surface area contributed by atoms with Gasteiger partial charge < -0.3 is 19.7 Å². The number of halogens is 2. The van der Waals surface area contributed by atoms with Crippen LogP contribution in [0.15, 0.2) is 36.4 Å². The minimum absolute atomic E-state index is 0.105. The Bertz CT molecular complexity index is 842. The van der Waals surface area contributed by atoms with Crippen molar-refractivity contribution in [2.45, 2.75) is 13.5 Å². The fourth-order valence-corrected chi connectivity index (χ4v) is 2.43. The lowest BCUT2D eigenvalue weighted by molar-refractivity contribution is -0.133. The predicted octanol–water partition coefficient (Wildman–Crippen LogP) is 2.97. The van der Waals surface area contributed by atoms with E-state index >= 15 is 0 Å². The lowest BCUT2D eigenvalue weighted by Crippen LogP contribution is -2.36. The summed E-state index contributed by atoms with van der Waals surface area (Å²) in [5.74, 6) is -1.87. The SMILES string of the molecule is COc1ccc(CN(CC(=O)Nc2ccc(F)c(F)c2)C(C)=O)cc1OC. The van der Waals surface area contributed by atoms with Gasteiger partial charge in [0, 0.05) is 25.2 Å². The fourth-order valence-electron chi connectivity index (χ4n) is 2.43. The molecule has 0 saturated heterocycles. The summed E-state index contributed by atoms with van der Waals surface area (Å²) in [6, 6.07) is 8.19. The molecule has 144 valence electrons. The molecule has 8 heteroatoms. The quantitative estimate of drug-likeness (QED) is 0.804. The van der Waals surface area contributed by atoms with Crippen LogP contribution in [0, 0.1) is 11.6 Å². The minimum atomic E-state index is -1.07. The van der Waals surface area contributed by atoms with Gasteiger partial charge in [0.25, 0.3) is 0 Å². The first kappa shape index (κ1) is 20.2. The number of benzene rings is 2. The topological polar surface area (TPSA) is 67.9 Å². The Kier molecular flexibility index (Phi) is 6.70. The molecule has 0 spiro atoms. The van der Waals surface area contributed by atoms with Crippen molar-refractivity contribution >= 4 is 17.5 Å². The van der Waals surface area contributed by atoms with E-state index in [0.717, 1.165) is 17.7 Å². The molecule has 0 aliphatic carbocycles. The second-order valence-corrected chi connectivity index (χ2v) is 5.74. The Morgan fingerprint density at radius 3 is 2.30 bits per heavy atom. The van der Waals surface area contributed by atoms with Gasteiger partial charge in [0.2, 0.25) is 11.8 Å². The molecule has 0 fully saturated rings. The van der Waals surface area contributed by atoms with Gasteiger partial charge in [-0.3, -0.25) is 9.59 Å². The fraction of sp³-hybridized carbons (Fsp3) is 0.263. The molecule has 0 bridgehead atoms. The zero-order valence-electron chi connectivity index (χ0n) is 15.2. The van der Waals surface area contributed by atoms with Crippen molar-refractivity contribution < 1.29 is 27.8 Å². The zero-order chi connectivity index (χ0) is 20.0. The number of nitrogens with one attached hydrogen (secondary N) is 1. The molecular formula is C19H20F2N2O4. The Morgan fingerprint density at radius 1 is 1.00 bits per heavy atom. The lowest BCUT2D eigenvalue weighted by atomic mass is 10.2. The van der Waals surface area contributed by atoms with Crippen LogP contribution in [0.3, 0.4) is 0 Å².